The minimum Gasteiger partial charge on any atom is -0.321 e. The number of anilines is 1. The zero-order valence-corrected chi connectivity index (χ0v) is 17.1. The van der Waals surface area contributed by atoms with E-state index < -0.39 is 0 Å². The lowest BCUT2D eigenvalue weighted by molar-refractivity contribution is 0.101. The quantitative estimate of drug-likeness (QED) is 0.477. The van der Waals surface area contributed by atoms with Crippen LogP contribution in [0.1, 0.15) is 21.6 Å². The third-order valence-corrected chi connectivity index (χ3v) is 5.38. The summed E-state index contributed by atoms with van der Waals surface area (Å²) in [4.78, 5) is 21.2. The number of rotatable bonds is 4. The summed E-state index contributed by atoms with van der Waals surface area (Å²) in [5.41, 5.74) is 6.39. The normalized spacial score (nSPS) is 11.0. The summed E-state index contributed by atoms with van der Waals surface area (Å²) < 4.78 is 3.65. The van der Waals surface area contributed by atoms with Gasteiger partial charge < -0.3 is 9.72 Å². The zero-order chi connectivity index (χ0) is 21.4. The highest BCUT2D eigenvalue weighted by molar-refractivity contribution is 6.03. The van der Waals surface area contributed by atoms with Crippen LogP contribution in [0.4, 0.5) is 5.69 Å². The molecule has 0 radical (unpaired) electrons. The van der Waals surface area contributed by atoms with Crippen LogP contribution in [0.3, 0.4) is 0 Å². The molecular weight excluding hydrogens is 388 g/mol. The molecule has 0 atom stereocenters. The third kappa shape index (κ3) is 3.46. The summed E-state index contributed by atoms with van der Waals surface area (Å²) in [6, 6.07) is 15.6. The molecule has 152 valence electrons. The van der Waals surface area contributed by atoms with Gasteiger partial charge in [-0.1, -0.05) is 12.1 Å². The van der Waals surface area contributed by atoms with Gasteiger partial charge in [-0.2, -0.15) is 5.10 Å². The van der Waals surface area contributed by atoms with Crippen LogP contribution >= 0.6 is 0 Å². The van der Waals surface area contributed by atoms with E-state index in [4.69, 9.17) is 0 Å². The topological polar surface area (TPSA) is 77.1 Å². The predicted molar refractivity (Wildman–Crippen MR) is 119 cm³/mol. The second-order valence-corrected chi connectivity index (χ2v) is 7.41. The predicted octanol–water partition coefficient (Wildman–Crippen LogP) is 4.45. The van der Waals surface area contributed by atoms with E-state index in [1.54, 1.807) is 29.3 Å². The van der Waals surface area contributed by atoms with Gasteiger partial charge in [-0.3, -0.25) is 4.79 Å². The molecule has 0 aliphatic rings. The number of aromatic nitrogens is 5. The molecule has 0 fully saturated rings. The number of carbonyl (C=O) groups excluding carboxylic acids is 1. The smallest absolute Gasteiger partial charge is 0.274 e. The van der Waals surface area contributed by atoms with Crippen LogP contribution in [0.2, 0.25) is 0 Å². The van der Waals surface area contributed by atoms with Gasteiger partial charge in [0.1, 0.15) is 17.8 Å². The maximum Gasteiger partial charge on any atom is 0.274 e. The van der Waals surface area contributed by atoms with E-state index in [-0.39, 0.29) is 5.91 Å². The van der Waals surface area contributed by atoms with Crippen molar-refractivity contribution in [1.29, 1.82) is 0 Å². The second-order valence-electron chi connectivity index (χ2n) is 7.41. The first-order chi connectivity index (χ1) is 15.1. The molecule has 1 aromatic carbocycles. The first-order valence-corrected chi connectivity index (χ1v) is 9.90. The van der Waals surface area contributed by atoms with Crippen molar-refractivity contribution in [1.82, 2.24) is 24.1 Å². The van der Waals surface area contributed by atoms with Crippen molar-refractivity contribution in [2.24, 2.45) is 0 Å². The number of aryl methyl sites for hydroxylation is 2. The Labute approximate surface area is 179 Å². The van der Waals surface area contributed by atoms with Gasteiger partial charge in [0.05, 0.1) is 6.20 Å². The summed E-state index contributed by atoms with van der Waals surface area (Å²) in [6.07, 6.45) is 8.67. The fraction of sp³-hybridized carbons (Fsp3) is 0.0833. The van der Waals surface area contributed by atoms with E-state index in [1.807, 2.05) is 66.9 Å². The largest absolute Gasteiger partial charge is 0.321 e. The lowest BCUT2D eigenvalue weighted by Crippen LogP contribution is -2.17. The van der Waals surface area contributed by atoms with E-state index in [2.05, 4.69) is 20.4 Å². The number of hydrogen-bond donors (Lipinski definition) is 1. The van der Waals surface area contributed by atoms with Crippen molar-refractivity contribution in [2.75, 3.05) is 5.32 Å². The number of carbonyl (C=O) groups is 1. The van der Waals surface area contributed by atoms with Crippen molar-refractivity contribution in [3.63, 3.8) is 0 Å². The fourth-order valence-corrected chi connectivity index (χ4v) is 3.55. The maximum atomic E-state index is 13.0. The molecule has 0 aliphatic heterocycles. The van der Waals surface area contributed by atoms with E-state index in [0.717, 1.165) is 33.7 Å². The van der Waals surface area contributed by atoms with Crippen LogP contribution < -0.4 is 5.32 Å². The van der Waals surface area contributed by atoms with Gasteiger partial charge in [0, 0.05) is 40.9 Å². The summed E-state index contributed by atoms with van der Waals surface area (Å²) in [5.74, 6) is 0.548. The molecular formula is C24H20N6O. The minimum absolute atomic E-state index is 0.219. The first kappa shape index (κ1) is 18.7. The van der Waals surface area contributed by atoms with Gasteiger partial charge in [-0.15, -0.1) is 0 Å². The van der Waals surface area contributed by atoms with E-state index >= 15 is 0 Å². The summed E-state index contributed by atoms with van der Waals surface area (Å²) in [6.45, 7) is 4.07. The number of amides is 1. The standard InChI is InChI=1S/C24H20N6O/c1-16-3-5-20(11-17(16)2)28-24(31)22-9-10-27-30(22)23-8-7-21-6-4-18(14-29(21)23)19-12-25-15-26-13-19/h3-15H,1-2H3,(H,28,31). The number of fused-ring (bicyclic) bond motifs is 1. The van der Waals surface area contributed by atoms with Gasteiger partial charge in [-0.25, -0.2) is 14.6 Å². The van der Waals surface area contributed by atoms with Crippen molar-refractivity contribution in [2.45, 2.75) is 13.8 Å². The Bertz CT molecular complexity index is 1400. The Hall–Kier alpha value is -4.26. The Kier molecular flexibility index (Phi) is 4.55. The molecule has 0 bridgehead atoms. The Morgan fingerprint density at radius 2 is 1.71 bits per heavy atom. The molecule has 7 nitrogen and oxygen atoms in total. The number of nitrogens with one attached hydrogen (secondary N) is 1. The van der Waals surface area contributed by atoms with Crippen molar-refractivity contribution < 1.29 is 4.79 Å². The SMILES string of the molecule is Cc1ccc(NC(=O)c2ccnn2-c2ccc3ccc(-c4cncnc4)cn23)cc1C. The molecule has 0 unspecified atom stereocenters. The Morgan fingerprint density at radius 1 is 0.903 bits per heavy atom. The lowest BCUT2D eigenvalue weighted by atomic mass is 10.1. The van der Waals surface area contributed by atoms with Crippen LogP contribution in [-0.2, 0) is 0 Å². The van der Waals surface area contributed by atoms with Gasteiger partial charge in [0.2, 0.25) is 0 Å². The molecule has 5 aromatic rings. The molecule has 4 heterocycles. The average Bonchev–Trinajstić information content (AvgIpc) is 3.43. The summed E-state index contributed by atoms with van der Waals surface area (Å²) >= 11 is 0. The highest BCUT2D eigenvalue weighted by atomic mass is 16.2. The number of benzene rings is 1. The highest BCUT2D eigenvalue weighted by Gasteiger charge is 2.16. The minimum atomic E-state index is -0.219. The van der Waals surface area contributed by atoms with Gasteiger partial charge >= 0.3 is 0 Å². The highest BCUT2D eigenvalue weighted by Crippen LogP contribution is 2.23. The Balaban J connectivity index is 1.52. The summed E-state index contributed by atoms with van der Waals surface area (Å²) in [5, 5.41) is 7.39. The van der Waals surface area contributed by atoms with Crippen molar-refractivity contribution in [3.05, 3.63) is 96.5 Å². The molecule has 1 amide bonds. The first-order valence-electron chi connectivity index (χ1n) is 9.90. The molecule has 0 spiro atoms. The molecule has 0 aliphatic carbocycles. The summed E-state index contributed by atoms with van der Waals surface area (Å²) in [7, 11) is 0. The van der Waals surface area contributed by atoms with Gasteiger partial charge in [0.25, 0.3) is 5.91 Å². The van der Waals surface area contributed by atoms with E-state index in [9.17, 15) is 4.79 Å². The molecule has 0 saturated heterocycles. The van der Waals surface area contributed by atoms with E-state index in [1.165, 1.54) is 11.9 Å². The van der Waals surface area contributed by atoms with Crippen LogP contribution in [-0.4, -0.2) is 30.1 Å². The third-order valence-electron chi connectivity index (χ3n) is 5.38. The molecule has 7 heteroatoms. The molecule has 1 N–H and O–H groups in total. The molecule has 5 rings (SSSR count). The van der Waals surface area contributed by atoms with Crippen LogP contribution in [0.5, 0.6) is 0 Å². The van der Waals surface area contributed by atoms with Gasteiger partial charge in [-0.05, 0) is 61.4 Å². The molecule has 31 heavy (non-hydrogen) atoms. The Morgan fingerprint density at radius 3 is 2.52 bits per heavy atom. The molecule has 4 aromatic heterocycles. The van der Waals surface area contributed by atoms with E-state index in [0.29, 0.717) is 5.69 Å². The van der Waals surface area contributed by atoms with Crippen molar-refractivity contribution in [3.8, 4) is 16.9 Å². The number of nitrogens with zero attached hydrogens (tertiary/aromatic N) is 5. The monoisotopic (exact) mass is 408 g/mol. The number of pyridine rings is 1. The molecule has 0 saturated carbocycles. The maximum absolute atomic E-state index is 13.0. The number of hydrogen-bond acceptors (Lipinski definition) is 4. The average molecular weight is 408 g/mol. The lowest BCUT2D eigenvalue weighted by Gasteiger charge is -2.11. The van der Waals surface area contributed by atoms with Crippen molar-refractivity contribution >= 4 is 17.1 Å². The van der Waals surface area contributed by atoms with Crippen LogP contribution in [0.15, 0.2) is 79.6 Å². The van der Waals surface area contributed by atoms with Crippen LogP contribution in [0, 0.1) is 13.8 Å². The zero-order valence-electron chi connectivity index (χ0n) is 17.1. The fourth-order valence-electron chi connectivity index (χ4n) is 3.55. The van der Waals surface area contributed by atoms with Crippen LogP contribution in [0.25, 0.3) is 22.5 Å². The van der Waals surface area contributed by atoms with Gasteiger partial charge in [0.15, 0.2) is 0 Å². The second kappa shape index (κ2) is 7.53.